The van der Waals surface area contributed by atoms with Crippen molar-refractivity contribution in [1.82, 2.24) is 0 Å². The van der Waals surface area contributed by atoms with Crippen molar-refractivity contribution in [1.29, 1.82) is 0 Å². The average Bonchev–Trinajstić information content (AvgIpc) is 3.48. The molecule has 184 valence electrons. The van der Waals surface area contributed by atoms with E-state index in [1.165, 1.54) is 24.3 Å². The highest BCUT2D eigenvalue weighted by atomic mass is 79.9. The number of aliphatic hydroxyl groups is 1. The van der Waals surface area contributed by atoms with E-state index in [0.29, 0.717) is 16.7 Å². The van der Waals surface area contributed by atoms with Gasteiger partial charge < -0.3 is 18.7 Å². The van der Waals surface area contributed by atoms with Crippen LogP contribution in [-0.4, -0.2) is 23.2 Å². The van der Waals surface area contributed by atoms with Crippen LogP contribution < -0.4 is 9.64 Å². The summed E-state index contributed by atoms with van der Waals surface area (Å²) in [7, 11) is 0. The molecule has 2 aromatic carbocycles. The fraction of sp³-hybridized carbons (Fsp3) is 0.120. The largest absolute Gasteiger partial charge is 0.573 e. The number of amides is 1. The van der Waals surface area contributed by atoms with Crippen LogP contribution in [0, 0.1) is 6.92 Å². The minimum atomic E-state index is -4.96. The molecular weight excluding hydrogens is 547 g/mol. The van der Waals surface area contributed by atoms with E-state index in [2.05, 4.69) is 20.7 Å². The normalized spacial score (nSPS) is 16.3. The van der Waals surface area contributed by atoms with Gasteiger partial charge in [0.15, 0.2) is 11.5 Å². The molecule has 1 aliphatic heterocycles. The number of fused-ring (bicyclic) bond motifs is 1. The van der Waals surface area contributed by atoms with Gasteiger partial charge in [-0.25, -0.2) is 0 Å². The third kappa shape index (κ3) is 4.26. The van der Waals surface area contributed by atoms with Crippen molar-refractivity contribution >= 4 is 44.3 Å². The molecule has 1 atom stereocenters. The Bertz CT molecular complexity index is 1550. The maximum Gasteiger partial charge on any atom is 0.573 e. The second-order valence-corrected chi connectivity index (χ2v) is 8.87. The van der Waals surface area contributed by atoms with Crippen LogP contribution in [0.15, 0.2) is 85.3 Å². The van der Waals surface area contributed by atoms with Crippen LogP contribution >= 0.6 is 15.9 Å². The van der Waals surface area contributed by atoms with Crippen LogP contribution in [0.3, 0.4) is 0 Å². The smallest absolute Gasteiger partial charge is 0.503 e. The molecule has 0 spiro atoms. The number of carbonyl (C=O) groups excluding carboxylic acids is 2. The van der Waals surface area contributed by atoms with Crippen molar-refractivity contribution in [2.24, 2.45) is 0 Å². The predicted octanol–water partition coefficient (Wildman–Crippen LogP) is 6.78. The predicted molar refractivity (Wildman–Crippen MR) is 125 cm³/mol. The number of anilines is 1. The molecule has 0 saturated carbocycles. The monoisotopic (exact) mass is 561 g/mol. The van der Waals surface area contributed by atoms with E-state index in [9.17, 15) is 27.9 Å². The molecule has 1 amide bonds. The minimum Gasteiger partial charge on any atom is -0.503 e. The molecule has 0 radical (unpaired) electrons. The number of benzene rings is 2. The van der Waals surface area contributed by atoms with E-state index in [-0.39, 0.29) is 22.8 Å². The van der Waals surface area contributed by atoms with Crippen molar-refractivity contribution in [2.75, 3.05) is 4.90 Å². The topological polar surface area (TPSA) is 93.1 Å². The lowest BCUT2D eigenvalue weighted by atomic mass is 9.99. The molecule has 7 nitrogen and oxygen atoms in total. The van der Waals surface area contributed by atoms with Crippen LogP contribution in [-0.2, 0) is 4.79 Å². The number of aliphatic hydroxyl groups excluding tert-OH is 1. The zero-order valence-electron chi connectivity index (χ0n) is 18.3. The molecule has 0 saturated heterocycles. The van der Waals surface area contributed by atoms with Gasteiger partial charge in [0.2, 0.25) is 5.78 Å². The summed E-state index contributed by atoms with van der Waals surface area (Å²) in [6, 6.07) is 13.1. The van der Waals surface area contributed by atoms with E-state index in [4.69, 9.17) is 8.83 Å². The maximum absolute atomic E-state index is 13.6. The molecule has 1 aliphatic rings. The fourth-order valence-corrected chi connectivity index (χ4v) is 4.44. The molecule has 4 aromatic rings. The Hall–Kier alpha value is -3.99. The van der Waals surface area contributed by atoms with Gasteiger partial charge in [0.05, 0.1) is 5.57 Å². The number of alkyl halides is 3. The van der Waals surface area contributed by atoms with Crippen LogP contribution in [0.5, 0.6) is 5.75 Å². The van der Waals surface area contributed by atoms with E-state index in [1.54, 1.807) is 31.2 Å². The zero-order valence-corrected chi connectivity index (χ0v) is 19.9. The van der Waals surface area contributed by atoms with Crippen LogP contribution in [0.2, 0.25) is 0 Å². The first kappa shape index (κ1) is 23.7. The Morgan fingerprint density at radius 2 is 1.86 bits per heavy atom. The molecule has 36 heavy (non-hydrogen) atoms. The molecule has 0 aliphatic carbocycles. The number of ether oxygens (including phenoxy) is 1. The van der Waals surface area contributed by atoms with E-state index >= 15 is 0 Å². The first-order valence-corrected chi connectivity index (χ1v) is 11.2. The van der Waals surface area contributed by atoms with E-state index in [1.807, 2.05) is 0 Å². The molecule has 1 N–H and O–H groups in total. The summed E-state index contributed by atoms with van der Waals surface area (Å²) < 4.78 is 54.4. The number of ketones is 1. The fourth-order valence-electron chi connectivity index (χ4n) is 4.06. The number of Topliss-reactive ketones (excluding diaryl/α,β-unsaturated/α-hetero) is 1. The number of halogens is 4. The Morgan fingerprint density at radius 3 is 2.56 bits per heavy atom. The second kappa shape index (κ2) is 8.59. The van der Waals surface area contributed by atoms with Gasteiger partial charge >= 0.3 is 6.36 Å². The average molecular weight is 562 g/mol. The Morgan fingerprint density at radius 1 is 1.08 bits per heavy atom. The summed E-state index contributed by atoms with van der Waals surface area (Å²) in [5.74, 6) is -2.79. The Balaban J connectivity index is 1.61. The van der Waals surface area contributed by atoms with Crippen molar-refractivity contribution in [3.63, 3.8) is 0 Å². The first-order chi connectivity index (χ1) is 17.0. The zero-order chi connectivity index (χ0) is 25.8. The highest BCUT2D eigenvalue weighted by Gasteiger charge is 2.47. The molecule has 1 unspecified atom stereocenters. The number of carbonyl (C=O) groups is 2. The Labute approximate surface area is 209 Å². The molecule has 3 heterocycles. The number of hydrogen-bond acceptors (Lipinski definition) is 6. The van der Waals surface area contributed by atoms with Gasteiger partial charge in [-0.3, -0.25) is 14.5 Å². The standard InChI is InChI=1S/C25H15BrF3NO6/c1-12-5-7-18(34-12)21-20(22(31)19-10-13-9-14(26)6-8-17(13)35-19)23(32)24(33)30(21)15-3-2-4-16(11-15)36-25(27,28)29/h2-11,21,32H,1H3. The molecular formula is C25H15BrF3NO6. The molecule has 11 heteroatoms. The molecule has 0 fully saturated rings. The van der Waals surface area contributed by atoms with Gasteiger partial charge in [0.25, 0.3) is 5.91 Å². The molecule has 0 bridgehead atoms. The van der Waals surface area contributed by atoms with E-state index < -0.39 is 35.6 Å². The molecule has 5 rings (SSSR count). The van der Waals surface area contributed by atoms with Crippen molar-refractivity contribution < 1.29 is 41.4 Å². The quantitative estimate of drug-likeness (QED) is 0.270. The van der Waals surface area contributed by atoms with Gasteiger partial charge in [0, 0.05) is 21.6 Å². The Kier molecular flexibility index (Phi) is 5.67. The van der Waals surface area contributed by atoms with Crippen molar-refractivity contribution in [3.8, 4) is 5.75 Å². The summed E-state index contributed by atoms with van der Waals surface area (Å²) in [5.41, 5.74) is 0.0171. The summed E-state index contributed by atoms with van der Waals surface area (Å²) in [4.78, 5) is 27.7. The summed E-state index contributed by atoms with van der Waals surface area (Å²) >= 11 is 3.34. The highest BCUT2D eigenvalue weighted by molar-refractivity contribution is 9.10. The SMILES string of the molecule is Cc1ccc(C2C(C(=O)c3cc4cc(Br)ccc4o3)=C(O)C(=O)N2c2cccc(OC(F)(F)F)c2)o1. The number of hydrogen-bond donors (Lipinski definition) is 1. The summed E-state index contributed by atoms with van der Waals surface area (Å²) in [6.45, 7) is 1.64. The summed E-state index contributed by atoms with van der Waals surface area (Å²) in [6.07, 6.45) is -4.96. The third-order valence-corrected chi connectivity index (χ3v) is 6.01. The lowest BCUT2D eigenvalue weighted by molar-refractivity contribution is -0.274. The summed E-state index contributed by atoms with van der Waals surface area (Å²) in [5, 5.41) is 11.4. The third-order valence-electron chi connectivity index (χ3n) is 5.51. The lowest BCUT2D eigenvalue weighted by Gasteiger charge is -2.25. The highest BCUT2D eigenvalue weighted by Crippen LogP contribution is 2.43. The van der Waals surface area contributed by atoms with Crippen LogP contribution in [0.25, 0.3) is 11.0 Å². The number of aryl methyl sites for hydroxylation is 1. The van der Waals surface area contributed by atoms with Gasteiger partial charge in [-0.2, -0.15) is 0 Å². The first-order valence-electron chi connectivity index (χ1n) is 10.4. The second-order valence-electron chi connectivity index (χ2n) is 7.96. The van der Waals surface area contributed by atoms with Crippen LogP contribution in [0.1, 0.15) is 28.1 Å². The van der Waals surface area contributed by atoms with Gasteiger partial charge in [-0.1, -0.05) is 22.0 Å². The number of nitrogens with zero attached hydrogens (tertiary/aromatic N) is 1. The van der Waals surface area contributed by atoms with Gasteiger partial charge in [-0.05, 0) is 55.5 Å². The van der Waals surface area contributed by atoms with Crippen molar-refractivity contribution in [3.05, 3.63) is 93.7 Å². The molecule has 2 aromatic heterocycles. The minimum absolute atomic E-state index is 0.0521. The van der Waals surface area contributed by atoms with Gasteiger partial charge in [-0.15, -0.1) is 13.2 Å². The maximum atomic E-state index is 13.6. The number of furan rings is 2. The van der Waals surface area contributed by atoms with E-state index in [0.717, 1.165) is 21.5 Å². The van der Waals surface area contributed by atoms with Gasteiger partial charge in [0.1, 0.15) is 28.9 Å². The van der Waals surface area contributed by atoms with Crippen molar-refractivity contribution in [2.45, 2.75) is 19.3 Å². The van der Waals surface area contributed by atoms with Crippen LogP contribution in [0.4, 0.5) is 18.9 Å². The lowest BCUT2D eigenvalue weighted by Crippen LogP contribution is -2.31. The number of rotatable bonds is 5.